The Morgan fingerprint density at radius 1 is 1.61 bits per heavy atom. The van der Waals surface area contributed by atoms with Crippen molar-refractivity contribution in [2.24, 2.45) is 0 Å². The van der Waals surface area contributed by atoms with Gasteiger partial charge >= 0.3 is 0 Å². The van der Waals surface area contributed by atoms with Crippen LogP contribution in [0, 0.1) is 0 Å². The molecule has 2 rings (SSSR count). The third-order valence-electron chi connectivity index (χ3n) is 3.20. The van der Waals surface area contributed by atoms with E-state index in [2.05, 4.69) is 17.2 Å². The van der Waals surface area contributed by atoms with E-state index >= 15 is 0 Å². The van der Waals surface area contributed by atoms with Gasteiger partial charge in [-0.05, 0) is 49.9 Å². The zero-order valence-corrected chi connectivity index (χ0v) is 10.8. The molecule has 0 saturated carbocycles. The van der Waals surface area contributed by atoms with Crippen LogP contribution in [0.25, 0.3) is 0 Å². The zero-order chi connectivity index (χ0) is 13.0. The first-order valence-corrected chi connectivity index (χ1v) is 6.49. The molecule has 1 atom stereocenters. The summed E-state index contributed by atoms with van der Waals surface area (Å²) in [4.78, 5) is 12.0. The van der Waals surface area contributed by atoms with Crippen LogP contribution in [-0.2, 0) is 6.42 Å². The van der Waals surface area contributed by atoms with E-state index in [0.717, 1.165) is 37.1 Å². The van der Waals surface area contributed by atoms with Gasteiger partial charge in [-0.1, -0.05) is 6.08 Å². The van der Waals surface area contributed by atoms with Crippen LogP contribution in [0.15, 0.2) is 30.9 Å². The Hall–Kier alpha value is -1.77. The Labute approximate surface area is 108 Å². The van der Waals surface area contributed by atoms with Gasteiger partial charge < -0.3 is 10.6 Å². The lowest BCUT2D eigenvalue weighted by atomic mass is 10.0. The van der Waals surface area contributed by atoms with Gasteiger partial charge in [-0.2, -0.15) is 0 Å². The Morgan fingerprint density at radius 2 is 2.44 bits per heavy atom. The summed E-state index contributed by atoms with van der Waals surface area (Å²) in [5.41, 5.74) is 3.15. The molecule has 0 aromatic heterocycles. The number of rotatable bonds is 4. The predicted octanol–water partition coefficient (Wildman–Crippen LogP) is 2.74. The molecule has 1 aromatic rings. The van der Waals surface area contributed by atoms with E-state index in [-0.39, 0.29) is 11.9 Å². The third kappa shape index (κ3) is 2.92. The highest BCUT2D eigenvalue weighted by molar-refractivity contribution is 5.95. The largest absolute Gasteiger partial charge is 0.385 e. The van der Waals surface area contributed by atoms with Crippen molar-refractivity contribution in [3.63, 3.8) is 0 Å². The fourth-order valence-corrected chi connectivity index (χ4v) is 2.23. The fourth-order valence-electron chi connectivity index (χ4n) is 2.23. The van der Waals surface area contributed by atoms with E-state index in [1.807, 2.05) is 31.2 Å². The molecule has 1 unspecified atom stereocenters. The van der Waals surface area contributed by atoms with E-state index in [1.54, 1.807) is 0 Å². The van der Waals surface area contributed by atoms with Gasteiger partial charge in [0, 0.05) is 23.8 Å². The highest BCUT2D eigenvalue weighted by Crippen LogP contribution is 2.22. The van der Waals surface area contributed by atoms with E-state index in [0.29, 0.717) is 0 Å². The molecule has 3 heteroatoms. The van der Waals surface area contributed by atoms with Crippen LogP contribution in [0.2, 0.25) is 0 Å². The maximum atomic E-state index is 12.0. The highest BCUT2D eigenvalue weighted by atomic mass is 16.1. The Bertz CT molecular complexity index is 454. The first-order chi connectivity index (χ1) is 8.70. The molecule has 96 valence electrons. The Morgan fingerprint density at radius 3 is 3.22 bits per heavy atom. The van der Waals surface area contributed by atoms with Gasteiger partial charge in [-0.25, -0.2) is 0 Å². The molecule has 18 heavy (non-hydrogen) atoms. The lowest BCUT2D eigenvalue weighted by molar-refractivity contribution is 0.0940. The molecule has 1 aliphatic rings. The number of benzene rings is 1. The van der Waals surface area contributed by atoms with Gasteiger partial charge in [-0.15, -0.1) is 6.58 Å². The van der Waals surface area contributed by atoms with Crippen LogP contribution in [0.3, 0.4) is 0 Å². The minimum absolute atomic E-state index is 0.00211. The molecule has 0 radical (unpaired) electrons. The van der Waals surface area contributed by atoms with Gasteiger partial charge in [0.05, 0.1) is 0 Å². The first kappa shape index (κ1) is 12.7. The van der Waals surface area contributed by atoms with Crippen LogP contribution < -0.4 is 10.6 Å². The number of nitrogens with one attached hydrogen (secondary N) is 2. The van der Waals surface area contributed by atoms with Crippen LogP contribution in [0.1, 0.15) is 35.7 Å². The summed E-state index contributed by atoms with van der Waals surface area (Å²) in [6, 6.07) is 6.01. The predicted molar refractivity (Wildman–Crippen MR) is 75.0 cm³/mol. The molecule has 1 amide bonds. The summed E-state index contributed by atoms with van der Waals surface area (Å²) < 4.78 is 0. The quantitative estimate of drug-likeness (QED) is 0.800. The van der Waals surface area contributed by atoms with Crippen molar-refractivity contribution >= 4 is 11.6 Å². The minimum atomic E-state index is -0.00211. The molecule has 1 aromatic carbocycles. The lowest BCUT2D eigenvalue weighted by Crippen LogP contribution is -2.32. The normalized spacial score (nSPS) is 15.2. The number of amides is 1. The third-order valence-corrected chi connectivity index (χ3v) is 3.20. The van der Waals surface area contributed by atoms with E-state index in [9.17, 15) is 4.79 Å². The summed E-state index contributed by atoms with van der Waals surface area (Å²) in [5, 5.41) is 6.32. The molecule has 0 bridgehead atoms. The summed E-state index contributed by atoms with van der Waals surface area (Å²) in [5.74, 6) is -0.00211. The van der Waals surface area contributed by atoms with Crippen LogP contribution in [0.4, 0.5) is 5.69 Å². The molecule has 0 spiro atoms. The van der Waals surface area contributed by atoms with Crippen LogP contribution in [-0.4, -0.2) is 18.5 Å². The van der Waals surface area contributed by atoms with E-state index in [4.69, 9.17) is 0 Å². The molecule has 1 aliphatic heterocycles. The molecular weight excluding hydrogens is 224 g/mol. The molecule has 1 heterocycles. The second kappa shape index (κ2) is 5.71. The van der Waals surface area contributed by atoms with Crippen molar-refractivity contribution in [2.45, 2.75) is 32.2 Å². The van der Waals surface area contributed by atoms with E-state index < -0.39 is 0 Å². The molecule has 2 N–H and O–H groups in total. The summed E-state index contributed by atoms with van der Waals surface area (Å²) in [6.07, 6.45) is 4.79. The number of aryl methyl sites for hydroxylation is 1. The van der Waals surface area contributed by atoms with Gasteiger partial charge in [0.25, 0.3) is 5.91 Å². The second-order valence-corrected chi connectivity index (χ2v) is 4.80. The van der Waals surface area contributed by atoms with Gasteiger partial charge in [0.15, 0.2) is 0 Å². The SMILES string of the molecule is C=CCC(C)NC(=O)c1ccc2c(c1)CCCN2. The van der Waals surface area contributed by atoms with E-state index in [1.165, 1.54) is 5.56 Å². The number of anilines is 1. The summed E-state index contributed by atoms with van der Waals surface area (Å²) in [7, 11) is 0. The van der Waals surface area contributed by atoms with Crippen LogP contribution in [0.5, 0.6) is 0 Å². The molecular formula is C15H20N2O. The van der Waals surface area contributed by atoms with Crippen molar-refractivity contribution in [1.82, 2.24) is 5.32 Å². The average molecular weight is 244 g/mol. The van der Waals surface area contributed by atoms with Crippen molar-refractivity contribution < 1.29 is 4.79 Å². The topological polar surface area (TPSA) is 41.1 Å². The fraction of sp³-hybridized carbons (Fsp3) is 0.400. The summed E-state index contributed by atoms with van der Waals surface area (Å²) in [6.45, 7) is 6.69. The second-order valence-electron chi connectivity index (χ2n) is 4.80. The Kier molecular flexibility index (Phi) is 4.03. The number of carbonyl (C=O) groups excluding carboxylic acids is 1. The average Bonchev–Trinajstić information content (AvgIpc) is 2.38. The van der Waals surface area contributed by atoms with Gasteiger partial charge in [0.1, 0.15) is 0 Å². The first-order valence-electron chi connectivity index (χ1n) is 6.49. The van der Waals surface area contributed by atoms with Crippen molar-refractivity contribution in [2.75, 3.05) is 11.9 Å². The molecule has 3 nitrogen and oxygen atoms in total. The minimum Gasteiger partial charge on any atom is -0.385 e. The molecule has 0 fully saturated rings. The zero-order valence-electron chi connectivity index (χ0n) is 10.8. The maximum Gasteiger partial charge on any atom is 0.251 e. The number of fused-ring (bicyclic) bond motifs is 1. The molecule has 0 saturated heterocycles. The monoisotopic (exact) mass is 244 g/mol. The maximum absolute atomic E-state index is 12.0. The smallest absolute Gasteiger partial charge is 0.251 e. The van der Waals surface area contributed by atoms with Gasteiger partial charge in [0.2, 0.25) is 0 Å². The van der Waals surface area contributed by atoms with Crippen molar-refractivity contribution in [3.05, 3.63) is 42.0 Å². The van der Waals surface area contributed by atoms with Crippen molar-refractivity contribution in [3.8, 4) is 0 Å². The van der Waals surface area contributed by atoms with Gasteiger partial charge in [-0.3, -0.25) is 4.79 Å². The number of carbonyl (C=O) groups is 1. The van der Waals surface area contributed by atoms with Crippen molar-refractivity contribution in [1.29, 1.82) is 0 Å². The Balaban J connectivity index is 2.08. The number of hydrogen-bond donors (Lipinski definition) is 2. The highest BCUT2D eigenvalue weighted by Gasteiger charge is 2.13. The van der Waals surface area contributed by atoms with Crippen LogP contribution >= 0.6 is 0 Å². The number of hydrogen-bond acceptors (Lipinski definition) is 2. The summed E-state index contributed by atoms with van der Waals surface area (Å²) >= 11 is 0. The lowest BCUT2D eigenvalue weighted by Gasteiger charge is -2.19. The molecule has 0 aliphatic carbocycles. The standard InChI is InChI=1S/C15H20N2O/c1-3-5-11(2)17-15(18)13-7-8-14-12(10-13)6-4-9-16-14/h3,7-8,10-11,16H,1,4-6,9H2,2H3,(H,17,18).